The summed E-state index contributed by atoms with van der Waals surface area (Å²) in [6.45, 7) is 4.94. The topological polar surface area (TPSA) is 187 Å². The van der Waals surface area contributed by atoms with E-state index in [-0.39, 0.29) is 24.5 Å². The zero-order valence-corrected chi connectivity index (χ0v) is 22.8. The molecule has 5 unspecified atom stereocenters. The second kappa shape index (κ2) is 13.6. The van der Waals surface area contributed by atoms with Crippen LogP contribution in [-0.2, 0) is 32.0 Å². The maximum Gasteiger partial charge on any atom is 0.325 e. The molecule has 3 rings (SSSR count). The zero-order valence-electron chi connectivity index (χ0n) is 22.8. The van der Waals surface area contributed by atoms with E-state index in [1.165, 1.54) is 19.1 Å². The van der Waals surface area contributed by atoms with Crippen LogP contribution in [0.4, 0.5) is 0 Å². The number of amides is 3. The number of nitrogens with two attached hydrogens (primary N) is 1. The van der Waals surface area contributed by atoms with Crippen LogP contribution in [-0.4, -0.2) is 63.1 Å². The molecular weight excluding hydrogens is 514 g/mol. The third-order valence-electron chi connectivity index (χ3n) is 6.98. The van der Waals surface area contributed by atoms with Gasteiger partial charge >= 0.3 is 5.97 Å². The fourth-order valence-electron chi connectivity index (χ4n) is 4.31. The number of hydrogen-bond acceptors (Lipinski definition) is 6. The molecule has 1 heterocycles. The van der Waals surface area contributed by atoms with Crippen molar-refractivity contribution in [2.24, 2.45) is 11.7 Å². The van der Waals surface area contributed by atoms with Crippen molar-refractivity contribution >= 4 is 34.6 Å². The molecule has 0 aliphatic rings. The molecule has 40 heavy (non-hydrogen) atoms. The van der Waals surface area contributed by atoms with Crippen molar-refractivity contribution in [2.75, 3.05) is 0 Å². The molecule has 3 aromatic rings. The van der Waals surface area contributed by atoms with Gasteiger partial charge in [-0.2, -0.15) is 0 Å². The number of carbonyl (C=O) groups is 4. The van der Waals surface area contributed by atoms with Gasteiger partial charge in [-0.25, -0.2) is 0 Å². The maximum absolute atomic E-state index is 13.5. The van der Waals surface area contributed by atoms with Gasteiger partial charge in [0, 0.05) is 23.5 Å². The number of para-hydroxylation sites is 1. The third-order valence-corrected chi connectivity index (χ3v) is 6.98. The van der Waals surface area contributed by atoms with Crippen molar-refractivity contribution in [2.45, 2.75) is 64.2 Å². The molecule has 8 N–H and O–H groups in total. The van der Waals surface area contributed by atoms with E-state index in [9.17, 15) is 29.4 Å². The van der Waals surface area contributed by atoms with Gasteiger partial charge in [0.1, 0.15) is 23.9 Å². The first kappa shape index (κ1) is 30.2. The molecule has 3 amide bonds. The number of carbonyl (C=O) groups excluding carboxylic acids is 3. The first-order valence-corrected chi connectivity index (χ1v) is 13.2. The Labute approximate surface area is 232 Å². The number of rotatable bonds is 13. The largest absolute Gasteiger partial charge is 0.508 e. The number of phenols is 1. The predicted octanol–water partition coefficient (Wildman–Crippen LogP) is 1.59. The van der Waals surface area contributed by atoms with E-state index in [0.29, 0.717) is 12.0 Å². The second-order valence-corrected chi connectivity index (χ2v) is 10.0. The number of nitrogens with one attached hydrogen (secondary N) is 4. The summed E-state index contributed by atoms with van der Waals surface area (Å²) in [6, 6.07) is 9.60. The highest BCUT2D eigenvalue weighted by atomic mass is 16.4. The van der Waals surface area contributed by atoms with Crippen LogP contribution in [0.15, 0.2) is 54.7 Å². The van der Waals surface area contributed by atoms with E-state index >= 15 is 0 Å². The van der Waals surface area contributed by atoms with Gasteiger partial charge in [-0.1, -0.05) is 50.6 Å². The number of phenolic OH excluding ortho intramolecular Hbond substituents is 1. The standard InChI is InChI=1S/C29H37N5O6/c1-4-16(2)25(28(38)32-17(3)29(39)40)34-27(37)24(13-18-9-11-20(35)12-10-18)33-26(36)22(30)14-19-15-31-23-8-6-5-7-21(19)23/h5-12,15-17,22,24-25,31,35H,4,13-14,30H2,1-3H3,(H,32,38)(H,33,36)(H,34,37)(H,39,40). The number of H-pyrrole nitrogens is 1. The number of carboxylic acid groups (broad SMARTS) is 1. The molecule has 0 aliphatic carbocycles. The van der Waals surface area contributed by atoms with Crippen LogP contribution < -0.4 is 21.7 Å². The molecule has 11 nitrogen and oxygen atoms in total. The minimum Gasteiger partial charge on any atom is -0.508 e. The molecule has 0 fully saturated rings. The van der Waals surface area contributed by atoms with Crippen LogP contribution in [0.3, 0.4) is 0 Å². The Morgan fingerprint density at radius 1 is 0.900 bits per heavy atom. The second-order valence-electron chi connectivity index (χ2n) is 10.0. The molecule has 1 aromatic heterocycles. The first-order valence-electron chi connectivity index (χ1n) is 13.2. The Hall–Kier alpha value is -4.38. The summed E-state index contributed by atoms with van der Waals surface area (Å²) >= 11 is 0. The number of benzene rings is 2. The lowest BCUT2D eigenvalue weighted by Gasteiger charge is -2.27. The van der Waals surface area contributed by atoms with Gasteiger partial charge in [0.15, 0.2) is 0 Å². The Bertz CT molecular complexity index is 1340. The zero-order chi connectivity index (χ0) is 29.4. The van der Waals surface area contributed by atoms with Gasteiger partial charge < -0.3 is 36.9 Å². The number of aromatic hydroxyl groups is 1. The summed E-state index contributed by atoms with van der Waals surface area (Å²) in [4.78, 5) is 54.0. The number of hydrogen-bond donors (Lipinski definition) is 7. The minimum absolute atomic E-state index is 0.0515. The Morgan fingerprint density at radius 2 is 1.57 bits per heavy atom. The van der Waals surface area contributed by atoms with E-state index in [1.807, 2.05) is 31.2 Å². The van der Waals surface area contributed by atoms with E-state index in [4.69, 9.17) is 5.73 Å². The molecule has 11 heteroatoms. The number of aliphatic carboxylic acids is 1. The van der Waals surface area contributed by atoms with Gasteiger partial charge in [-0.15, -0.1) is 0 Å². The van der Waals surface area contributed by atoms with E-state index in [2.05, 4.69) is 20.9 Å². The van der Waals surface area contributed by atoms with Crippen molar-refractivity contribution < 1.29 is 29.4 Å². The lowest BCUT2D eigenvalue weighted by molar-refractivity contribution is -0.142. The van der Waals surface area contributed by atoms with Gasteiger partial charge in [-0.05, 0) is 48.6 Å². The number of carboxylic acids is 1. The molecule has 0 spiro atoms. The summed E-state index contributed by atoms with van der Waals surface area (Å²) in [5, 5.41) is 27.6. The molecule has 0 bridgehead atoms. The van der Waals surface area contributed by atoms with Crippen molar-refractivity contribution in [3.8, 4) is 5.75 Å². The van der Waals surface area contributed by atoms with E-state index in [1.54, 1.807) is 25.3 Å². The predicted molar refractivity (Wildman–Crippen MR) is 150 cm³/mol. The first-order chi connectivity index (χ1) is 19.0. The summed E-state index contributed by atoms with van der Waals surface area (Å²) in [5.74, 6) is -3.28. The summed E-state index contributed by atoms with van der Waals surface area (Å²) in [6.07, 6.45) is 2.63. The molecule has 214 valence electrons. The fourth-order valence-corrected chi connectivity index (χ4v) is 4.31. The number of aromatic amines is 1. The molecular formula is C29H37N5O6. The molecule has 0 radical (unpaired) electrons. The SMILES string of the molecule is CCC(C)C(NC(=O)C(Cc1ccc(O)cc1)NC(=O)C(N)Cc1c[nH]c2ccccc12)C(=O)NC(C)C(=O)O. The lowest BCUT2D eigenvalue weighted by Crippen LogP contribution is -2.59. The van der Waals surface area contributed by atoms with Gasteiger partial charge in [0.2, 0.25) is 17.7 Å². The van der Waals surface area contributed by atoms with Gasteiger partial charge in [0.25, 0.3) is 0 Å². The minimum atomic E-state index is -1.20. The average molecular weight is 552 g/mol. The lowest BCUT2D eigenvalue weighted by atomic mass is 9.96. The summed E-state index contributed by atoms with van der Waals surface area (Å²) in [7, 11) is 0. The van der Waals surface area contributed by atoms with Crippen molar-refractivity contribution in [3.05, 3.63) is 65.9 Å². The van der Waals surface area contributed by atoms with E-state index in [0.717, 1.165) is 16.5 Å². The van der Waals surface area contributed by atoms with Crippen LogP contribution in [0.25, 0.3) is 10.9 Å². The highest BCUT2D eigenvalue weighted by molar-refractivity contribution is 5.94. The van der Waals surface area contributed by atoms with Crippen LogP contribution in [0.1, 0.15) is 38.3 Å². The Kier molecular flexibility index (Phi) is 10.3. The van der Waals surface area contributed by atoms with Crippen LogP contribution in [0.5, 0.6) is 5.75 Å². The fraction of sp³-hybridized carbons (Fsp3) is 0.379. The Morgan fingerprint density at radius 3 is 2.23 bits per heavy atom. The van der Waals surface area contributed by atoms with E-state index < -0.39 is 47.9 Å². The molecule has 5 atom stereocenters. The summed E-state index contributed by atoms with van der Waals surface area (Å²) < 4.78 is 0. The van der Waals surface area contributed by atoms with Crippen LogP contribution in [0, 0.1) is 5.92 Å². The average Bonchev–Trinajstić information content (AvgIpc) is 3.34. The molecule has 0 saturated heterocycles. The molecule has 0 saturated carbocycles. The highest BCUT2D eigenvalue weighted by Gasteiger charge is 2.32. The third kappa shape index (κ3) is 7.82. The quantitative estimate of drug-likeness (QED) is 0.168. The smallest absolute Gasteiger partial charge is 0.325 e. The molecule has 0 aliphatic heterocycles. The van der Waals surface area contributed by atoms with Crippen LogP contribution in [0.2, 0.25) is 0 Å². The summed E-state index contributed by atoms with van der Waals surface area (Å²) in [5.41, 5.74) is 8.69. The van der Waals surface area contributed by atoms with Crippen molar-refractivity contribution in [3.63, 3.8) is 0 Å². The monoisotopic (exact) mass is 551 g/mol. The van der Waals surface area contributed by atoms with Gasteiger partial charge in [-0.3, -0.25) is 19.2 Å². The van der Waals surface area contributed by atoms with Gasteiger partial charge in [0.05, 0.1) is 6.04 Å². The van der Waals surface area contributed by atoms with Crippen LogP contribution >= 0.6 is 0 Å². The highest BCUT2D eigenvalue weighted by Crippen LogP contribution is 2.19. The maximum atomic E-state index is 13.5. The number of aromatic nitrogens is 1. The number of fused-ring (bicyclic) bond motifs is 1. The molecule has 2 aromatic carbocycles. The normalized spacial score (nSPS) is 14.9. The van der Waals surface area contributed by atoms with Crippen molar-refractivity contribution in [1.29, 1.82) is 0 Å². The Balaban J connectivity index is 1.79. The van der Waals surface area contributed by atoms with Crippen molar-refractivity contribution in [1.82, 2.24) is 20.9 Å².